The second kappa shape index (κ2) is 5.29. The van der Waals surface area contributed by atoms with Crippen LogP contribution in [-0.2, 0) is 0 Å². The summed E-state index contributed by atoms with van der Waals surface area (Å²) in [4.78, 5) is 0. The van der Waals surface area contributed by atoms with Gasteiger partial charge in [0.05, 0.1) is 0 Å². The molecule has 0 bridgehead atoms. The Bertz CT molecular complexity index is 543. The van der Waals surface area contributed by atoms with Crippen molar-refractivity contribution < 1.29 is 9.50 Å². The Morgan fingerprint density at radius 3 is 2.41 bits per heavy atom. The van der Waals surface area contributed by atoms with E-state index in [4.69, 9.17) is 0 Å². The van der Waals surface area contributed by atoms with E-state index in [1.54, 1.807) is 24.3 Å². The van der Waals surface area contributed by atoms with Crippen molar-refractivity contribution in [1.82, 2.24) is 0 Å². The van der Waals surface area contributed by atoms with Crippen LogP contribution in [-0.4, -0.2) is 5.11 Å². The summed E-state index contributed by atoms with van der Waals surface area (Å²) in [5.74, 6) is -0.410. The van der Waals surface area contributed by atoms with E-state index in [9.17, 15) is 9.50 Å². The van der Waals surface area contributed by atoms with Crippen molar-refractivity contribution >= 4 is 31.9 Å². The van der Waals surface area contributed by atoms with Crippen LogP contribution < -0.4 is 0 Å². The fourth-order valence-electron chi connectivity index (χ4n) is 1.59. The SMILES string of the molecule is OC(c1ccccc1F)c1cc(Br)ccc1Br. The molecule has 0 fully saturated rings. The third-order valence-electron chi connectivity index (χ3n) is 2.45. The van der Waals surface area contributed by atoms with E-state index in [2.05, 4.69) is 31.9 Å². The highest BCUT2D eigenvalue weighted by Crippen LogP contribution is 2.31. The van der Waals surface area contributed by atoms with Crippen LogP contribution in [0.25, 0.3) is 0 Å². The van der Waals surface area contributed by atoms with Gasteiger partial charge < -0.3 is 5.11 Å². The molecule has 0 aliphatic carbocycles. The number of hydrogen-bond donors (Lipinski definition) is 1. The maximum atomic E-state index is 13.6. The molecule has 0 aromatic heterocycles. The molecular weight excluding hydrogens is 351 g/mol. The molecule has 2 rings (SSSR count). The molecule has 1 unspecified atom stereocenters. The molecule has 0 amide bonds. The average Bonchev–Trinajstić information content (AvgIpc) is 2.32. The van der Waals surface area contributed by atoms with Gasteiger partial charge in [0, 0.05) is 20.1 Å². The third-order valence-corrected chi connectivity index (χ3v) is 3.67. The van der Waals surface area contributed by atoms with E-state index >= 15 is 0 Å². The lowest BCUT2D eigenvalue weighted by Gasteiger charge is -2.14. The van der Waals surface area contributed by atoms with E-state index in [1.807, 2.05) is 12.1 Å². The Labute approximate surface area is 116 Å². The molecule has 0 aliphatic rings. The van der Waals surface area contributed by atoms with Gasteiger partial charge in [0.15, 0.2) is 0 Å². The third kappa shape index (κ3) is 2.76. The molecule has 0 radical (unpaired) electrons. The number of aliphatic hydroxyl groups is 1. The number of hydrogen-bond acceptors (Lipinski definition) is 1. The Kier molecular flexibility index (Phi) is 3.97. The van der Waals surface area contributed by atoms with Crippen LogP contribution in [0, 0.1) is 5.82 Å². The standard InChI is InChI=1S/C13H9Br2FO/c14-8-5-6-11(15)10(7-8)13(17)9-3-1-2-4-12(9)16/h1-7,13,17H. The predicted octanol–water partition coefficient (Wildman–Crippen LogP) is 4.43. The Morgan fingerprint density at radius 1 is 1.00 bits per heavy atom. The highest BCUT2D eigenvalue weighted by molar-refractivity contribution is 9.11. The van der Waals surface area contributed by atoms with E-state index in [1.165, 1.54) is 6.07 Å². The Balaban J connectivity index is 2.47. The number of rotatable bonds is 2. The molecular formula is C13H9Br2FO. The zero-order chi connectivity index (χ0) is 12.4. The van der Waals surface area contributed by atoms with Crippen LogP contribution in [0.4, 0.5) is 4.39 Å². The Morgan fingerprint density at radius 2 is 1.71 bits per heavy atom. The largest absolute Gasteiger partial charge is 0.384 e. The summed E-state index contributed by atoms with van der Waals surface area (Å²) in [5.41, 5.74) is 0.899. The topological polar surface area (TPSA) is 20.2 Å². The van der Waals surface area contributed by atoms with Crippen LogP contribution in [0.5, 0.6) is 0 Å². The maximum Gasteiger partial charge on any atom is 0.129 e. The van der Waals surface area contributed by atoms with Gasteiger partial charge in [-0.25, -0.2) is 4.39 Å². The minimum atomic E-state index is -0.983. The minimum Gasteiger partial charge on any atom is -0.384 e. The van der Waals surface area contributed by atoms with Crippen LogP contribution in [0.3, 0.4) is 0 Å². The van der Waals surface area contributed by atoms with Crippen molar-refractivity contribution in [3.05, 3.63) is 68.4 Å². The quantitative estimate of drug-likeness (QED) is 0.840. The molecule has 0 saturated heterocycles. The molecule has 2 aromatic carbocycles. The van der Waals surface area contributed by atoms with Gasteiger partial charge in [0.25, 0.3) is 0 Å². The smallest absolute Gasteiger partial charge is 0.129 e. The van der Waals surface area contributed by atoms with Gasteiger partial charge >= 0.3 is 0 Å². The molecule has 0 saturated carbocycles. The molecule has 2 aromatic rings. The monoisotopic (exact) mass is 358 g/mol. The van der Waals surface area contributed by atoms with Gasteiger partial charge in [-0.3, -0.25) is 0 Å². The molecule has 88 valence electrons. The van der Waals surface area contributed by atoms with Crippen molar-refractivity contribution in [3.63, 3.8) is 0 Å². The van der Waals surface area contributed by atoms with E-state index < -0.39 is 11.9 Å². The first-order valence-corrected chi connectivity index (χ1v) is 6.55. The lowest BCUT2D eigenvalue weighted by atomic mass is 10.0. The molecule has 1 N–H and O–H groups in total. The lowest BCUT2D eigenvalue weighted by Crippen LogP contribution is -2.03. The van der Waals surface area contributed by atoms with Gasteiger partial charge in [0.1, 0.15) is 11.9 Å². The lowest BCUT2D eigenvalue weighted by molar-refractivity contribution is 0.214. The van der Waals surface area contributed by atoms with Gasteiger partial charge in [-0.2, -0.15) is 0 Å². The highest BCUT2D eigenvalue weighted by Gasteiger charge is 2.17. The molecule has 17 heavy (non-hydrogen) atoms. The van der Waals surface area contributed by atoms with Gasteiger partial charge in [-0.15, -0.1) is 0 Å². The van der Waals surface area contributed by atoms with Crippen molar-refractivity contribution in [1.29, 1.82) is 0 Å². The van der Waals surface area contributed by atoms with Gasteiger partial charge in [-0.1, -0.05) is 50.1 Å². The van der Waals surface area contributed by atoms with Crippen molar-refractivity contribution in [2.24, 2.45) is 0 Å². The van der Waals surface area contributed by atoms with Crippen molar-refractivity contribution in [3.8, 4) is 0 Å². The highest BCUT2D eigenvalue weighted by atomic mass is 79.9. The molecule has 0 spiro atoms. The van der Waals surface area contributed by atoms with E-state index in [0.717, 1.165) is 8.95 Å². The molecule has 1 atom stereocenters. The summed E-state index contributed by atoms with van der Waals surface area (Å²) in [5, 5.41) is 10.2. The molecule has 0 aliphatic heterocycles. The number of aliphatic hydroxyl groups excluding tert-OH is 1. The number of halogens is 3. The second-order valence-corrected chi connectivity index (χ2v) is 5.36. The summed E-state index contributed by atoms with van der Waals surface area (Å²) >= 11 is 6.68. The van der Waals surface area contributed by atoms with E-state index in [0.29, 0.717) is 5.56 Å². The number of benzene rings is 2. The summed E-state index contributed by atoms with van der Waals surface area (Å²) in [6.07, 6.45) is -0.983. The predicted molar refractivity (Wildman–Crippen MR) is 72.3 cm³/mol. The zero-order valence-corrected chi connectivity index (χ0v) is 11.9. The van der Waals surface area contributed by atoms with Gasteiger partial charge in [0.2, 0.25) is 0 Å². The van der Waals surface area contributed by atoms with Crippen LogP contribution >= 0.6 is 31.9 Å². The summed E-state index contributed by atoms with van der Waals surface area (Å²) < 4.78 is 15.2. The first-order valence-electron chi connectivity index (χ1n) is 4.97. The van der Waals surface area contributed by atoms with Crippen molar-refractivity contribution in [2.75, 3.05) is 0 Å². The first-order chi connectivity index (χ1) is 8.09. The second-order valence-electron chi connectivity index (χ2n) is 3.59. The van der Waals surface area contributed by atoms with Crippen LogP contribution in [0.2, 0.25) is 0 Å². The van der Waals surface area contributed by atoms with E-state index in [-0.39, 0.29) is 5.56 Å². The average molecular weight is 360 g/mol. The van der Waals surface area contributed by atoms with Crippen LogP contribution in [0.1, 0.15) is 17.2 Å². The molecule has 0 heterocycles. The summed E-state index contributed by atoms with van der Waals surface area (Å²) in [7, 11) is 0. The summed E-state index contributed by atoms with van der Waals surface area (Å²) in [6.45, 7) is 0. The zero-order valence-electron chi connectivity index (χ0n) is 8.70. The molecule has 1 nitrogen and oxygen atoms in total. The first kappa shape index (κ1) is 12.7. The fourth-order valence-corrected chi connectivity index (χ4v) is 2.43. The van der Waals surface area contributed by atoms with Gasteiger partial charge in [-0.05, 0) is 24.3 Å². The maximum absolute atomic E-state index is 13.6. The molecule has 4 heteroatoms. The normalized spacial score (nSPS) is 12.5. The summed E-state index contributed by atoms with van der Waals surface area (Å²) in [6, 6.07) is 11.6. The minimum absolute atomic E-state index is 0.270. The van der Waals surface area contributed by atoms with Crippen LogP contribution in [0.15, 0.2) is 51.4 Å². The fraction of sp³-hybridized carbons (Fsp3) is 0.0769. The Hall–Kier alpha value is -0.710. The van der Waals surface area contributed by atoms with Crippen molar-refractivity contribution in [2.45, 2.75) is 6.10 Å².